The molecule has 0 aliphatic carbocycles. The van der Waals surface area contributed by atoms with Crippen molar-refractivity contribution in [3.05, 3.63) is 0 Å². The fourth-order valence-corrected chi connectivity index (χ4v) is 1.67. The average molecular weight is 190 g/mol. The topological polar surface area (TPSA) is 26.3 Å². The maximum absolute atomic E-state index is 10.7. The van der Waals surface area contributed by atoms with E-state index in [1.165, 1.54) is 12.6 Å². The molecule has 2 nitrogen and oxygen atoms in total. The Kier molecular flexibility index (Phi) is 7.48. The summed E-state index contributed by atoms with van der Waals surface area (Å²) < 4.78 is 4.94. The van der Waals surface area contributed by atoms with Crippen LogP contribution in [-0.2, 0) is 9.53 Å². The molecule has 0 bridgehead atoms. The van der Waals surface area contributed by atoms with Gasteiger partial charge in [-0.05, 0) is 32.3 Å². The molecule has 3 heteroatoms. The first kappa shape index (κ1) is 11.9. The van der Waals surface area contributed by atoms with Gasteiger partial charge in [0.25, 0.3) is 0 Å². The molecule has 0 aromatic heterocycles. The van der Waals surface area contributed by atoms with E-state index in [1.54, 1.807) is 0 Å². The van der Waals surface area contributed by atoms with E-state index in [0.717, 1.165) is 6.42 Å². The molecule has 0 spiro atoms. The minimum atomic E-state index is -0.0785. The maximum Gasteiger partial charge on any atom is 0.305 e. The molecule has 0 radical (unpaired) electrons. The summed E-state index contributed by atoms with van der Waals surface area (Å²) in [4.78, 5) is 10.7. The quantitative estimate of drug-likeness (QED) is 0.365. The first-order valence-electron chi connectivity index (χ1n) is 4.47. The second-order valence-corrected chi connectivity index (χ2v) is 5.69. The van der Waals surface area contributed by atoms with Crippen molar-refractivity contribution in [2.45, 2.75) is 26.2 Å². The summed E-state index contributed by atoms with van der Waals surface area (Å²) >= 11 is 0. The first-order valence-corrected chi connectivity index (χ1v) is 6.89. The lowest BCUT2D eigenvalue weighted by Crippen LogP contribution is -2.03. The number of hydrogen-bond acceptors (Lipinski definition) is 2. The Balaban J connectivity index is 3.05. The van der Waals surface area contributed by atoms with Gasteiger partial charge in [-0.3, -0.25) is 4.79 Å². The van der Waals surface area contributed by atoms with E-state index in [4.69, 9.17) is 4.74 Å². The number of esters is 1. The third kappa shape index (κ3) is 8.00. The van der Waals surface area contributed by atoms with Gasteiger partial charge >= 0.3 is 5.97 Å². The van der Waals surface area contributed by atoms with Crippen LogP contribution in [0.25, 0.3) is 0 Å². The molecule has 0 atom stereocenters. The van der Waals surface area contributed by atoms with Gasteiger partial charge in [0.05, 0.1) is 6.61 Å². The van der Waals surface area contributed by atoms with Crippen LogP contribution in [0.2, 0.25) is 0 Å². The van der Waals surface area contributed by atoms with Crippen LogP contribution >= 0.6 is 7.92 Å². The molecule has 0 heterocycles. The highest BCUT2D eigenvalue weighted by Gasteiger charge is 1.97. The van der Waals surface area contributed by atoms with Gasteiger partial charge in [-0.2, -0.15) is 0 Å². The summed E-state index contributed by atoms with van der Waals surface area (Å²) in [5.74, 6) is -0.0785. The summed E-state index contributed by atoms with van der Waals surface area (Å²) in [7, 11) is 0.223. The van der Waals surface area contributed by atoms with Crippen LogP contribution in [0.3, 0.4) is 0 Å². The van der Waals surface area contributed by atoms with Crippen LogP contribution in [0.15, 0.2) is 0 Å². The summed E-state index contributed by atoms with van der Waals surface area (Å²) in [5, 5.41) is 0. The number of rotatable bonds is 6. The zero-order valence-electron chi connectivity index (χ0n) is 8.30. The predicted molar refractivity (Wildman–Crippen MR) is 54.1 cm³/mol. The van der Waals surface area contributed by atoms with Gasteiger partial charge in [0.15, 0.2) is 0 Å². The van der Waals surface area contributed by atoms with Crippen LogP contribution in [0.5, 0.6) is 0 Å². The monoisotopic (exact) mass is 190 g/mol. The van der Waals surface area contributed by atoms with Gasteiger partial charge in [-0.15, -0.1) is 7.92 Å². The van der Waals surface area contributed by atoms with Crippen molar-refractivity contribution in [1.82, 2.24) is 0 Å². The summed E-state index contributed by atoms with van der Waals surface area (Å²) in [6.07, 6.45) is 4.00. The standard InChI is InChI=1S/C9H19O2P/c1-4-9(10)11-7-5-6-8-12(2)3/h4-8H2,1-3H3. The zero-order chi connectivity index (χ0) is 9.40. The molecular formula is C9H19O2P. The summed E-state index contributed by atoms with van der Waals surface area (Å²) in [6, 6.07) is 0. The smallest absolute Gasteiger partial charge is 0.305 e. The van der Waals surface area contributed by atoms with Gasteiger partial charge in [0.2, 0.25) is 0 Å². The van der Waals surface area contributed by atoms with Crippen LogP contribution in [-0.4, -0.2) is 32.1 Å². The Morgan fingerprint density at radius 1 is 1.33 bits per heavy atom. The largest absolute Gasteiger partial charge is 0.466 e. The number of carbonyl (C=O) groups is 1. The van der Waals surface area contributed by atoms with Crippen molar-refractivity contribution in [3.8, 4) is 0 Å². The highest BCUT2D eigenvalue weighted by atomic mass is 31.1. The SMILES string of the molecule is CCC(=O)OCCCCP(C)C. The minimum Gasteiger partial charge on any atom is -0.466 e. The molecule has 0 amide bonds. The minimum absolute atomic E-state index is 0.0785. The fraction of sp³-hybridized carbons (Fsp3) is 0.889. The number of ether oxygens (including phenoxy) is 1. The lowest BCUT2D eigenvalue weighted by Gasteiger charge is -2.05. The molecular weight excluding hydrogens is 171 g/mol. The van der Waals surface area contributed by atoms with Crippen molar-refractivity contribution < 1.29 is 9.53 Å². The van der Waals surface area contributed by atoms with E-state index in [0.29, 0.717) is 13.0 Å². The molecule has 0 aliphatic heterocycles. The van der Waals surface area contributed by atoms with Crippen molar-refractivity contribution in [3.63, 3.8) is 0 Å². The van der Waals surface area contributed by atoms with E-state index >= 15 is 0 Å². The molecule has 0 saturated carbocycles. The van der Waals surface area contributed by atoms with E-state index in [2.05, 4.69) is 13.3 Å². The highest BCUT2D eigenvalue weighted by molar-refractivity contribution is 7.55. The molecule has 0 saturated heterocycles. The van der Waals surface area contributed by atoms with Gasteiger partial charge in [-0.1, -0.05) is 6.92 Å². The van der Waals surface area contributed by atoms with Crippen molar-refractivity contribution in [2.75, 3.05) is 26.1 Å². The van der Waals surface area contributed by atoms with Crippen molar-refractivity contribution >= 4 is 13.9 Å². The van der Waals surface area contributed by atoms with Gasteiger partial charge in [0, 0.05) is 6.42 Å². The summed E-state index contributed by atoms with van der Waals surface area (Å²) in [5.41, 5.74) is 0. The molecule has 0 aromatic rings. The molecule has 0 aliphatic rings. The Morgan fingerprint density at radius 2 is 2.00 bits per heavy atom. The van der Waals surface area contributed by atoms with Gasteiger partial charge in [-0.25, -0.2) is 0 Å². The van der Waals surface area contributed by atoms with Crippen molar-refractivity contribution in [1.29, 1.82) is 0 Å². The third-order valence-electron chi connectivity index (χ3n) is 1.55. The molecule has 72 valence electrons. The molecule has 0 rings (SSSR count). The van der Waals surface area contributed by atoms with Gasteiger partial charge in [0.1, 0.15) is 0 Å². The third-order valence-corrected chi connectivity index (χ3v) is 2.76. The Morgan fingerprint density at radius 3 is 2.50 bits per heavy atom. The van der Waals surface area contributed by atoms with Crippen LogP contribution in [0.4, 0.5) is 0 Å². The Hall–Kier alpha value is -0.100. The van der Waals surface area contributed by atoms with Gasteiger partial charge < -0.3 is 4.74 Å². The number of hydrogen-bond donors (Lipinski definition) is 0. The zero-order valence-corrected chi connectivity index (χ0v) is 9.19. The maximum atomic E-state index is 10.7. The molecule has 0 unspecified atom stereocenters. The highest BCUT2D eigenvalue weighted by Crippen LogP contribution is 2.25. The van der Waals surface area contributed by atoms with Crippen molar-refractivity contribution in [2.24, 2.45) is 0 Å². The Bertz CT molecular complexity index is 124. The predicted octanol–water partition coefficient (Wildman–Crippen LogP) is 2.46. The molecule has 0 fully saturated rings. The van der Waals surface area contributed by atoms with E-state index in [-0.39, 0.29) is 13.9 Å². The number of carbonyl (C=O) groups excluding carboxylic acids is 1. The second kappa shape index (κ2) is 7.54. The van der Waals surface area contributed by atoms with Crippen LogP contribution in [0, 0.1) is 0 Å². The van der Waals surface area contributed by atoms with E-state index in [9.17, 15) is 4.79 Å². The lowest BCUT2D eigenvalue weighted by molar-refractivity contribution is -0.143. The lowest BCUT2D eigenvalue weighted by atomic mass is 10.3. The molecule has 12 heavy (non-hydrogen) atoms. The Labute approximate surface area is 76.4 Å². The second-order valence-electron chi connectivity index (χ2n) is 3.08. The number of unbranched alkanes of at least 4 members (excludes halogenated alkanes) is 1. The van der Waals surface area contributed by atoms with E-state index < -0.39 is 0 Å². The fourth-order valence-electron chi connectivity index (χ4n) is 0.818. The molecule has 0 aromatic carbocycles. The summed E-state index contributed by atoms with van der Waals surface area (Å²) in [6.45, 7) is 6.97. The molecule has 0 N–H and O–H groups in total. The van der Waals surface area contributed by atoms with E-state index in [1.807, 2.05) is 6.92 Å². The first-order chi connectivity index (χ1) is 5.66. The normalized spacial score (nSPS) is 10.3. The average Bonchev–Trinajstić information content (AvgIpc) is 2.03. The van der Waals surface area contributed by atoms with Crippen LogP contribution < -0.4 is 0 Å². The van der Waals surface area contributed by atoms with Crippen LogP contribution in [0.1, 0.15) is 26.2 Å².